The molecule has 1 aromatic rings. The fraction of sp³-hybridized carbons (Fsp3) is 0.375. The van der Waals surface area contributed by atoms with Gasteiger partial charge in [0, 0.05) is 6.42 Å². The third-order valence-corrected chi connectivity index (χ3v) is 1.65. The molecule has 0 radical (unpaired) electrons. The quantitative estimate of drug-likeness (QED) is 0.401. The van der Waals surface area contributed by atoms with Gasteiger partial charge in [-0.15, -0.1) is 11.6 Å². The lowest BCUT2D eigenvalue weighted by molar-refractivity contribution is -0.128. The van der Waals surface area contributed by atoms with Gasteiger partial charge in [-0.1, -0.05) is 0 Å². The lowest BCUT2D eigenvalue weighted by atomic mass is 10.3. The number of alkyl halides is 1. The molecular weight excluding hydrogens is 180 g/mol. The Hall–Kier alpha value is -0.960. The molecule has 1 aromatic heterocycles. The van der Waals surface area contributed by atoms with E-state index in [9.17, 15) is 4.79 Å². The number of ether oxygens (including phenoxy) is 1. The Bertz CT molecular complexity index is 244. The van der Waals surface area contributed by atoms with Gasteiger partial charge in [-0.05, 0) is 12.1 Å². The van der Waals surface area contributed by atoms with Gasteiger partial charge in [-0.25, -0.2) is 0 Å². The van der Waals surface area contributed by atoms with Crippen LogP contribution in [0.3, 0.4) is 0 Å². The Kier molecular flexibility index (Phi) is 3.67. The van der Waals surface area contributed by atoms with Crippen LogP contribution in [0.25, 0.3) is 0 Å². The summed E-state index contributed by atoms with van der Waals surface area (Å²) in [6, 6.07) is 3.63. The fourth-order valence-electron chi connectivity index (χ4n) is 0.836. The first-order valence-corrected chi connectivity index (χ1v) is 4.09. The molecule has 3 nitrogen and oxygen atoms in total. The third-order valence-electron chi connectivity index (χ3n) is 1.38. The predicted molar refractivity (Wildman–Crippen MR) is 44.0 cm³/mol. The van der Waals surface area contributed by atoms with Crippen molar-refractivity contribution in [1.82, 2.24) is 0 Å². The summed E-state index contributed by atoms with van der Waals surface area (Å²) >= 11 is 5.52. The van der Waals surface area contributed by atoms with E-state index < -0.39 is 0 Å². The second-order valence-electron chi connectivity index (χ2n) is 2.22. The maximum Gasteiger partial charge on any atom is 0.293 e. The van der Waals surface area contributed by atoms with Crippen molar-refractivity contribution in [2.45, 2.75) is 12.3 Å². The maximum atomic E-state index is 9.78. The lowest BCUT2D eigenvalue weighted by Gasteiger charge is -1.94. The average molecular weight is 189 g/mol. The van der Waals surface area contributed by atoms with Gasteiger partial charge in [-0.2, -0.15) is 0 Å². The van der Waals surface area contributed by atoms with Crippen LogP contribution in [0, 0.1) is 0 Å². The monoisotopic (exact) mass is 188 g/mol. The van der Waals surface area contributed by atoms with Crippen molar-refractivity contribution >= 4 is 18.1 Å². The second-order valence-corrected chi connectivity index (χ2v) is 2.49. The van der Waals surface area contributed by atoms with Crippen LogP contribution in [-0.2, 0) is 21.8 Å². The van der Waals surface area contributed by atoms with Crippen LogP contribution in [0.5, 0.6) is 0 Å². The minimum Gasteiger partial charge on any atom is -0.467 e. The Labute approximate surface area is 75.3 Å². The number of furan rings is 1. The Balaban J connectivity index is 2.36. The van der Waals surface area contributed by atoms with Crippen LogP contribution < -0.4 is 0 Å². The van der Waals surface area contributed by atoms with Crippen molar-refractivity contribution in [3.05, 3.63) is 23.7 Å². The average Bonchev–Trinajstić information content (AvgIpc) is 2.53. The minimum atomic E-state index is 0.346. The van der Waals surface area contributed by atoms with E-state index in [-0.39, 0.29) is 0 Å². The van der Waals surface area contributed by atoms with Crippen LogP contribution in [0.1, 0.15) is 11.5 Å². The van der Waals surface area contributed by atoms with Crippen molar-refractivity contribution in [3.63, 3.8) is 0 Å². The van der Waals surface area contributed by atoms with E-state index in [1.807, 2.05) is 12.1 Å². The van der Waals surface area contributed by atoms with Gasteiger partial charge in [-0.3, -0.25) is 4.79 Å². The molecule has 66 valence electrons. The van der Waals surface area contributed by atoms with E-state index in [4.69, 9.17) is 16.0 Å². The lowest BCUT2D eigenvalue weighted by Crippen LogP contribution is -1.94. The van der Waals surface area contributed by atoms with Crippen LogP contribution >= 0.6 is 11.6 Å². The van der Waals surface area contributed by atoms with Crippen molar-refractivity contribution in [3.8, 4) is 0 Å². The highest BCUT2D eigenvalue weighted by Crippen LogP contribution is 2.10. The fourth-order valence-corrected chi connectivity index (χ4v) is 0.980. The predicted octanol–water partition coefficient (Wildman–Crippen LogP) is 1.73. The van der Waals surface area contributed by atoms with E-state index in [1.165, 1.54) is 0 Å². The summed E-state index contributed by atoms with van der Waals surface area (Å²) in [5.74, 6) is 1.89. The normalized spacial score (nSPS) is 9.75. The number of halogens is 1. The highest BCUT2D eigenvalue weighted by atomic mass is 35.5. The molecule has 0 aliphatic rings. The summed E-state index contributed by atoms with van der Waals surface area (Å²) in [6.07, 6.45) is 0.593. The summed E-state index contributed by atoms with van der Waals surface area (Å²) in [7, 11) is 0. The molecule has 12 heavy (non-hydrogen) atoms. The SMILES string of the molecule is O=COCCc1ccc(CCl)o1. The van der Waals surface area contributed by atoms with E-state index >= 15 is 0 Å². The molecule has 0 fully saturated rings. The van der Waals surface area contributed by atoms with E-state index in [0.29, 0.717) is 25.4 Å². The maximum absolute atomic E-state index is 9.78. The summed E-state index contributed by atoms with van der Waals surface area (Å²) < 4.78 is 9.76. The number of rotatable bonds is 5. The Morgan fingerprint density at radius 3 is 2.83 bits per heavy atom. The third kappa shape index (κ3) is 2.58. The highest BCUT2D eigenvalue weighted by molar-refractivity contribution is 6.16. The molecule has 0 aliphatic carbocycles. The summed E-state index contributed by atoms with van der Waals surface area (Å²) in [4.78, 5) is 9.78. The summed E-state index contributed by atoms with van der Waals surface area (Å²) in [5.41, 5.74) is 0. The van der Waals surface area contributed by atoms with Gasteiger partial charge < -0.3 is 9.15 Å². The molecule has 0 saturated carbocycles. The molecule has 0 aliphatic heterocycles. The van der Waals surface area contributed by atoms with Crippen molar-refractivity contribution in [2.75, 3.05) is 6.61 Å². The number of carbonyl (C=O) groups excluding carboxylic acids is 1. The minimum absolute atomic E-state index is 0.346. The highest BCUT2D eigenvalue weighted by Gasteiger charge is 1.99. The molecule has 0 aromatic carbocycles. The molecular formula is C8H9ClO3. The van der Waals surface area contributed by atoms with E-state index in [2.05, 4.69) is 4.74 Å². The second kappa shape index (κ2) is 4.83. The largest absolute Gasteiger partial charge is 0.467 e. The van der Waals surface area contributed by atoms with Crippen LogP contribution in [0.15, 0.2) is 16.5 Å². The molecule has 0 N–H and O–H groups in total. The molecule has 0 bridgehead atoms. The zero-order valence-corrected chi connectivity index (χ0v) is 7.21. The standard InChI is InChI=1S/C8H9ClO3/c9-5-8-2-1-7(12-8)3-4-11-6-10/h1-2,6H,3-5H2. The molecule has 0 saturated heterocycles. The molecule has 0 atom stereocenters. The number of hydrogen-bond donors (Lipinski definition) is 0. The van der Waals surface area contributed by atoms with E-state index in [0.717, 1.165) is 11.5 Å². The summed E-state index contributed by atoms with van der Waals surface area (Å²) in [5, 5.41) is 0. The van der Waals surface area contributed by atoms with Crippen molar-refractivity contribution in [1.29, 1.82) is 0 Å². The van der Waals surface area contributed by atoms with E-state index in [1.54, 1.807) is 0 Å². The molecule has 4 heteroatoms. The number of carbonyl (C=O) groups is 1. The van der Waals surface area contributed by atoms with Gasteiger partial charge >= 0.3 is 0 Å². The van der Waals surface area contributed by atoms with Gasteiger partial charge in [0.2, 0.25) is 0 Å². The van der Waals surface area contributed by atoms with Gasteiger partial charge in [0.1, 0.15) is 11.5 Å². The van der Waals surface area contributed by atoms with Gasteiger partial charge in [0.15, 0.2) is 0 Å². The first kappa shape index (κ1) is 9.13. The van der Waals surface area contributed by atoms with Crippen molar-refractivity contribution in [2.24, 2.45) is 0 Å². The molecule has 0 spiro atoms. The first-order valence-electron chi connectivity index (χ1n) is 3.55. The zero-order valence-electron chi connectivity index (χ0n) is 6.46. The number of hydrogen-bond acceptors (Lipinski definition) is 3. The summed E-state index contributed by atoms with van der Waals surface area (Å²) in [6.45, 7) is 0.768. The molecule has 1 heterocycles. The van der Waals surface area contributed by atoms with Gasteiger partial charge in [0.05, 0.1) is 12.5 Å². The van der Waals surface area contributed by atoms with Crippen LogP contribution in [0.2, 0.25) is 0 Å². The Morgan fingerprint density at radius 1 is 1.50 bits per heavy atom. The van der Waals surface area contributed by atoms with Gasteiger partial charge in [0.25, 0.3) is 6.47 Å². The van der Waals surface area contributed by atoms with Crippen LogP contribution in [-0.4, -0.2) is 13.1 Å². The molecule has 0 unspecified atom stereocenters. The molecule has 1 rings (SSSR count). The molecule has 0 amide bonds. The van der Waals surface area contributed by atoms with Crippen LogP contribution in [0.4, 0.5) is 0 Å². The van der Waals surface area contributed by atoms with Crippen molar-refractivity contribution < 1.29 is 13.9 Å². The smallest absolute Gasteiger partial charge is 0.293 e. The Morgan fingerprint density at radius 2 is 2.25 bits per heavy atom. The first-order chi connectivity index (χ1) is 5.86. The zero-order chi connectivity index (χ0) is 8.81. The topological polar surface area (TPSA) is 39.4 Å².